The van der Waals surface area contributed by atoms with Crippen molar-refractivity contribution in [3.05, 3.63) is 48.0 Å². The average Bonchev–Trinajstić information content (AvgIpc) is 2.53. The molecule has 0 saturated heterocycles. The number of aryl methyl sites for hydroxylation is 1. The Hall–Kier alpha value is -3.23. The lowest BCUT2D eigenvalue weighted by molar-refractivity contribution is -0.274. The Balaban J connectivity index is 1.83. The van der Waals surface area contributed by atoms with Crippen LogP contribution in [0.1, 0.15) is 12.0 Å². The molecule has 26 heavy (non-hydrogen) atoms. The van der Waals surface area contributed by atoms with E-state index in [0.29, 0.717) is 22.6 Å². The van der Waals surface area contributed by atoms with Gasteiger partial charge in [-0.3, -0.25) is 4.79 Å². The number of anilines is 1. The first-order valence-corrected chi connectivity index (χ1v) is 7.45. The van der Waals surface area contributed by atoms with Gasteiger partial charge in [0.15, 0.2) is 0 Å². The maximum atomic E-state index is 12.3. The van der Waals surface area contributed by atoms with Gasteiger partial charge >= 0.3 is 12.5 Å². The van der Waals surface area contributed by atoms with Crippen molar-refractivity contribution in [2.75, 3.05) is 4.90 Å². The molecular formula is C17H12F3NO5. The molecule has 1 aliphatic rings. The number of benzene rings is 2. The number of ether oxygens (including phenoxy) is 2. The van der Waals surface area contributed by atoms with Gasteiger partial charge in [0.2, 0.25) is 5.91 Å². The van der Waals surface area contributed by atoms with Gasteiger partial charge in [-0.1, -0.05) is 6.07 Å². The van der Waals surface area contributed by atoms with Gasteiger partial charge in [0.25, 0.3) is 0 Å². The van der Waals surface area contributed by atoms with Crippen molar-refractivity contribution in [1.29, 1.82) is 0 Å². The number of halogens is 3. The van der Waals surface area contributed by atoms with Crippen molar-refractivity contribution in [3.8, 4) is 17.2 Å². The van der Waals surface area contributed by atoms with E-state index in [1.54, 1.807) is 6.07 Å². The molecule has 0 radical (unpaired) electrons. The molecular weight excluding hydrogens is 355 g/mol. The number of nitrogens with zero attached hydrogens (tertiary/aromatic N) is 1. The molecule has 0 atom stereocenters. The maximum absolute atomic E-state index is 12.3. The number of imide groups is 1. The third-order valence-electron chi connectivity index (χ3n) is 3.62. The molecule has 0 aromatic heterocycles. The molecule has 2 aromatic carbocycles. The number of alkyl halides is 3. The predicted octanol–water partition coefficient (Wildman–Crippen LogP) is 4.33. The second-order valence-corrected chi connectivity index (χ2v) is 5.43. The van der Waals surface area contributed by atoms with Crippen LogP contribution in [0.15, 0.2) is 42.5 Å². The predicted molar refractivity (Wildman–Crippen MR) is 83.5 cm³/mol. The van der Waals surface area contributed by atoms with E-state index < -0.39 is 24.1 Å². The van der Waals surface area contributed by atoms with Crippen LogP contribution in [0.4, 0.5) is 23.7 Å². The zero-order chi connectivity index (χ0) is 18.9. The maximum Gasteiger partial charge on any atom is 0.573 e. The van der Waals surface area contributed by atoms with E-state index in [9.17, 15) is 22.8 Å². The van der Waals surface area contributed by atoms with E-state index in [4.69, 9.17) is 9.84 Å². The minimum atomic E-state index is -4.81. The van der Waals surface area contributed by atoms with Gasteiger partial charge in [0, 0.05) is 12.5 Å². The fourth-order valence-corrected chi connectivity index (χ4v) is 2.61. The molecule has 0 saturated carbocycles. The molecule has 1 aliphatic heterocycles. The van der Waals surface area contributed by atoms with E-state index in [2.05, 4.69) is 4.74 Å². The Labute approximate surface area is 145 Å². The lowest BCUT2D eigenvalue weighted by Gasteiger charge is -2.25. The van der Waals surface area contributed by atoms with Crippen LogP contribution in [0.3, 0.4) is 0 Å². The van der Waals surface area contributed by atoms with Gasteiger partial charge in [-0.2, -0.15) is 0 Å². The van der Waals surface area contributed by atoms with Gasteiger partial charge in [-0.05, 0) is 42.3 Å². The summed E-state index contributed by atoms with van der Waals surface area (Å²) in [5, 5.41) is 9.15. The SMILES string of the molecule is O=C(O)N1C(=O)CCc2cc(Oc3cccc(OC(F)(F)F)c3)ccc21. The van der Waals surface area contributed by atoms with Crippen LogP contribution in [-0.2, 0) is 11.2 Å². The van der Waals surface area contributed by atoms with Crippen molar-refractivity contribution in [2.45, 2.75) is 19.2 Å². The molecule has 0 spiro atoms. The first-order valence-electron chi connectivity index (χ1n) is 7.45. The van der Waals surface area contributed by atoms with E-state index in [1.807, 2.05) is 0 Å². The molecule has 9 heteroatoms. The second kappa shape index (κ2) is 6.58. The number of fused-ring (bicyclic) bond motifs is 1. The summed E-state index contributed by atoms with van der Waals surface area (Å²) in [6.45, 7) is 0. The molecule has 1 N–H and O–H groups in total. The van der Waals surface area contributed by atoms with Crippen molar-refractivity contribution in [2.24, 2.45) is 0 Å². The van der Waals surface area contributed by atoms with E-state index in [-0.39, 0.29) is 17.9 Å². The van der Waals surface area contributed by atoms with E-state index >= 15 is 0 Å². The molecule has 6 nitrogen and oxygen atoms in total. The number of amides is 2. The molecule has 2 aromatic rings. The molecule has 2 amide bonds. The lowest BCUT2D eigenvalue weighted by Crippen LogP contribution is -2.39. The number of carboxylic acid groups (broad SMARTS) is 1. The zero-order valence-corrected chi connectivity index (χ0v) is 13.1. The van der Waals surface area contributed by atoms with Crippen molar-refractivity contribution in [3.63, 3.8) is 0 Å². The standard InChI is InChI=1S/C17H12F3NO5/c18-17(19,20)26-13-3-1-2-11(9-13)25-12-5-6-14-10(8-12)4-7-15(22)21(14)16(23)24/h1-3,5-6,8-9H,4,7H2,(H,23,24). The number of hydrogen-bond donors (Lipinski definition) is 1. The summed E-state index contributed by atoms with van der Waals surface area (Å²) in [6, 6.07) is 9.44. The minimum absolute atomic E-state index is 0.0393. The van der Waals surface area contributed by atoms with Crippen molar-refractivity contribution >= 4 is 17.7 Å². The highest BCUT2D eigenvalue weighted by Gasteiger charge is 2.31. The Morgan fingerprint density at radius 3 is 2.42 bits per heavy atom. The van der Waals surface area contributed by atoms with Crippen LogP contribution in [0, 0.1) is 0 Å². The van der Waals surface area contributed by atoms with Gasteiger partial charge in [0.05, 0.1) is 5.69 Å². The van der Waals surface area contributed by atoms with Crippen LogP contribution in [-0.4, -0.2) is 23.5 Å². The van der Waals surface area contributed by atoms with Crippen molar-refractivity contribution in [1.82, 2.24) is 0 Å². The Morgan fingerprint density at radius 1 is 1.04 bits per heavy atom. The summed E-state index contributed by atoms with van der Waals surface area (Å²) in [6.07, 6.45) is -5.80. The summed E-state index contributed by atoms with van der Waals surface area (Å²) >= 11 is 0. The Bertz CT molecular complexity index is 866. The van der Waals surface area contributed by atoms with Crippen LogP contribution < -0.4 is 14.4 Å². The molecule has 0 aliphatic carbocycles. The molecule has 0 unspecified atom stereocenters. The molecule has 136 valence electrons. The van der Waals surface area contributed by atoms with Crippen molar-refractivity contribution < 1.29 is 37.3 Å². The van der Waals surface area contributed by atoms with Gasteiger partial charge in [0.1, 0.15) is 17.2 Å². The quantitative estimate of drug-likeness (QED) is 0.874. The van der Waals surface area contributed by atoms with Crippen LogP contribution >= 0.6 is 0 Å². The third-order valence-corrected chi connectivity index (χ3v) is 3.62. The highest BCUT2D eigenvalue weighted by Crippen LogP contribution is 2.34. The fraction of sp³-hybridized carbons (Fsp3) is 0.176. The summed E-state index contributed by atoms with van der Waals surface area (Å²) in [4.78, 5) is 23.6. The zero-order valence-electron chi connectivity index (χ0n) is 13.1. The largest absolute Gasteiger partial charge is 0.573 e. The van der Waals surface area contributed by atoms with Gasteiger partial charge in [-0.15, -0.1) is 13.2 Å². The van der Waals surface area contributed by atoms with Crippen LogP contribution in [0.5, 0.6) is 17.2 Å². The number of carbonyl (C=O) groups is 2. The van der Waals surface area contributed by atoms with E-state index in [0.717, 1.165) is 12.1 Å². The van der Waals surface area contributed by atoms with Gasteiger partial charge < -0.3 is 14.6 Å². The first-order chi connectivity index (χ1) is 12.2. The van der Waals surface area contributed by atoms with E-state index in [1.165, 1.54) is 24.3 Å². The Kier molecular flexibility index (Phi) is 4.45. The fourth-order valence-electron chi connectivity index (χ4n) is 2.61. The highest BCUT2D eigenvalue weighted by atomic mass is 19.4. The average molecular weight is 367 g/mol. The van der Waals surface area contributed by atoms with Crippen LogP contribution in [0.25, 0.3) is 0 Å². The first kappa shape index (κ1) is 17.6. The molecule has 0 bridgehead atoms. The monoisotopic (exact) mass is 367 g/mol. The summed E-state index contributed by atoms with van der Waals surface area (Å²) < 4.78 is 46.2. The van der Waals surface area contributed by atoms with Gasteiger partial charge in [-0.25, -0.2) is 9.69 Å². The minimum Gasteiger partial charge on any atom is -0.464 e. The second-order valence-electron chi connectivity index (χ2n) is 5.43. The smallest absolute Gasteiger partial charge is 0.464 e. The summed E-state index contributed by atoms with van der Waals surface area (Å²) in [5.41, 5.74) is 0.836. The lowest BCUT2D eigenvalue weighted by atomic mass is 10.0. The topological polar surface area (TPSA) is 76.1 Å². The number of hydrogen-bond acceptors (Lipinski definition) is 4. The normalized spacial score (nSPS) is 14.0. The highest BCUT2D eigenvalue weighted by molar-refractivity contribution is 6.13. The molecule has 0 fully saturated rings. The third kappa shape index (κ3) is 3.88. The number of rotatable bonds is 3. The molecule has 1 heterocycles. The summed E-state index contributed by atoms with van der Waals surface area (Å²) in [7, 11) is 0. The summed E-state index contributed by atoms with van der Waals surface area (Å²) in [5.74, 6) is -0.521. The number of carbonyl (C=O) groups excluding carboxylic acids is 1. The van der Waals surface area contributed by atoms with Crippen LogP contribution in [0.2, 0.25) is 0 Å². The molecule has 3 rings (SSSR count). The Morgan fingerprint density at radius 2 is 1.73 bits per heavy atom.